The second kappa shape index (κ2) is 4.45. The number of nitrogens with two attached hydrogens (primary N) is 2. The Morgan fingerprint density at radius 3 is 2.89 bits per heavy atom. The molecule has 1 fully saturated rings. The Labute approximate surface area is 106 Å². The monoisotopic (exact) mass is 250 g/mol. The standard InChI is InChI=1S/C12H18N4O2/c1-12(2)7-18-4-3-16(12)11-9(10(14)17)5-8(13)6-15-11/h5-6H,3-4,7,13H2,1-2H3,(H2,14,17). The van der Waals surface area contributed by atoms with Crippen LogP contribution >= 0.6 is 0 Å². The Morgan fingerprint density at radius 2 is 2.28 bits per heavy atom. The summed E-state index contributed by atoms with van der Waals surface area (Å²) in [6, 6.07) is 1.57. The number of hydrogen-bond donors (Lipinski definition) is 2. The number of hydrogen-bond acceptors (Lipinski definition) is 5. The van der Waals surface area contributed by atoms with Crippen molar-refractivity contribution in [3.63, 3.8) is 0 Å². The molecule has 2 rings (SSSR count). The molecule has 6 heteroatoms. The normalized spacial score (nSPS) is 18.7. The summed E-state index contributed by atoms with van der Waals surface area (Å²) in [5.74, 6) is 0.0529. The maximum Gasteiger partial charge on any atom is 0.252 e. The first-order valence-corrected chi connectivity index (χ1v) is 5.82. The Morgan fingerprint density at radius 1 is 1.56 bits per heavy atom. The number of nitrogens with zero attached hydrogens (tertiary/aromatic N) is 2. The van der Waals surface area contributed by atoms with Crippen LogP contribution in [-0.4, -0.2) is 36.2 Å². The molecule has 6 nitrogen and oxygen atoms in total. The quantitative estimate of drug-likeness (QED) is 0.791. The third-order valence-electron chi connectivity index (χ3n) is 3.05. The van der Waals surface area contributed by atoms with Gasteiger partial charge in [0.15, 0.2) is 0 Å². The van der Waals surface area contributed by atoms with Gasteiger partial charge < -0.3 is 21.1 Å². The van der Waals surface area contributed by atoms with Gasteiger partial charge in [0, 0.05) is 6.54 Å². The molecule has 18 heavy (non-hydrogen) atoms. The van der Waals surface area contributed by atoms with Crippen molar-refractivity contribution < 1.29 is 9.53 Å². The third-order valence-corrected chi connectivity index (χ3v) is 3.05. The molecular weight excluding hydrogens is 232 g/mol. The summed E-state index contributed by atoms with van der Waals surface area (Å²) in [7, 11) is 0. The molecule has 4 N–H and O–H groups in total. The van der Waals surface area contributed by atoms with E-state index in [0.29, 0.717) is 36.8 Å². The smallest absolute Gasteiger partial charge is 0.252 e. The highest BCUT2D eigenvalue weighted by Gasteiger charge is 2.33. The Balaban J connectivity index is 2.46. The van der Waals surface area contributed by atoms with Crippen LogP contribution in [-0.2, 0) is 4.74 Å². The summed E-state index contributed by atoms with van der Waals surface area (Å²) in [6.45, 7) is 5.93. The molecule has 0 radical (unpaired) electrons. The van der Waals surface area contributed by atoms with Crippen LogP contribution in [0.4, 0.5) is 11.5 Å². The van der Waals surface area contributed by atoms with E-state index < -0.39 is 5.91 Å². The molecule has 0 saturated carbocycles. The Hall–Kier alpha value is -1.82. The van der Waals surface area contributed by atoms with Crippen LogP contribution in [0.5, 0.6) is 0 Å². The van der Waals surface area contributed by atoms with Gasteiger partial charge in [0.1, 0.15) is 5.82 Å². The maximum atomic E-state index is 11.5. The summed E-state index contributed by atoms with van der Waals surface area (Å²) in [6.07, 6.45) is 1.54. The Kier molecular flexibility index (Phi) is 3.13. The van der Waals surface area contributed by atoms with Gasteiger partial charge in [-0.05, 0) is 19.9 Å². The van der Waals surface area contributed by atoms with Gasteiger partial charge in [0.2, 0.25) is 0 Å². The summed E-state index contributed by atoms with van der Waals surface area (Å²) >= 11 is 0. The molecule has 1 aromatic heterocycles. The third kappa shape index (κ3) is 2.24. The molecule has 1 aliphatic rings. The van der Waals surface area contributed by atoms with Crippen LogP contribution in [0.3, 0.4) is 0 Å². The minimum absolute atomic E-state index is 0.231. The molecule has 0 aromatic carbocycles. The molecule has 98 valence electrons. The summed E-state index contributed by atoms with van der Waals surface area (Å²) in [5, 5.41) is 0. The molecule has 0 bridgehead atoms. The van der Waals surface area contributed by atoms with E-state index in [4.69, 9.17) is 16.2 Å². The van der Waals surface area contributed by atoms with E-state index in [9.17, 15) is 4.79 Å². The van der Waals surface area contributed by atoms with E-state index in [-0.39, 0.29) is 5.54 Å². The van der Waals surface area contributed by atoms with Gasteiger partial charge in [-0.3, -0.25) is 4.79 Å². The second-order valence-electron chi connectivity index (χ2n) is 5.02. The number of ether oxygens (including phenoxy) is 1. The highest BCUT2D eigenvalue weighted by atomic mass is 16.5. The zero-order valence-corrected chi connectivity index (χ0v) is 10.6. The van der Waals surface area contributed by atoms with Crippen molar-refractivity contribution in [2.75, 3.05) is 30.4 Å². The van der Waals surface area contributed by atoms with Gasteiger partial charge in [0.25, 0.3) is 5.91 Å². The van der Waals surface area contributed by atoms with Crippen LogP contribution in [0.25, 0.3) is 0 Å². The van der Waals surface area contributed by atoms with Crippen LogP contribution in [0, 0.1) is 0 Å². The van der Waals surface area contributed by atoms with E-state index >= 15 is 0 Å². The van der Waals surface area contributed by atoms with Gasteiger partial charge in [-0.15, -0.1) is 0 Å². The maximum absolute atomic E-state index is 11.5. The number of rotatable bonds is 2. The molecular formula is C12H18N4O2. The fraction of sp³-hybridized carbons (Fsp3) is 0.500. The van der Waals surface area contributed by atoms with Crippen molar-refractivity contribution in [3.8, 4) is 0 Å². The lowest BCUT2D eigenvalue weighted by Crippen LogP contribution is -2.54. The summed E-state index contributed by atoms with van der Waals surface area (Å²) in [4.78, 5) is 17.8. The molecule has 1 saturated heterocycles. The summed E-state index contributed by atoms with van der Waals surface area (Å²) in [5.41, 5.74) is 11.6. The molecule has 1 amide bonds. The molecule has 0 unspecified atom stereocenters. The molecule has 1 aromatic rings. The lowest BCUT2D eigenvalue weighted by Gasteiger charge is -2.43. The van der Waals surface area contributed by atoms with Gasteiger partial charge in [-0.1, -0.05) is 0 Å². The minimum Gasteiger partial charge on any atom is -0.397 e. The van der Waals surface area contributed by atoms with Crippen molar-refractivity contribution in [1.82, 2.24) is 4.98 Å². The van der Waals surface area contributed by atoms with Gasteiger partial charge in [-0.25, -0.2) is 4.98 Å². The van der Waals surface area contributed by atoms with Crippen molar-refractivity contribution in [2.24, 2.45) is 5.73 Å². The topological polar surface area (TPSA) is 94.5 Å². The Bertz CT molecular complexity index is 473. The predicted molar refractivity (Wildman–Crippen MR) is 69.4 cm³/mol. The zero-order valence-electron chi connectivity index (χ0n) is 10.6. The largest absolute Gasteiger partial charge is 0.397 e. The van der Waals surface area contributed by atoms with Gasteiger partial charge in [-0.2, -0.15) is 0 Å². The van der Waals surface area contributed by atoms with Gasteiger partial charge >= 0.3 is 0 Å². The number of pyridine rings is 1. The van der Waals surface area contributed by atoms with Crippen LogP contribution in [0.1, 0.15) is 24.2 Å². The number of amides is 1. The number of carbonyl (C=O) groups is 1. The van der Waals surface area contributed by atoms with Crippen LogP contribution < -0.4 is 16.4 Å². The fourth-order valence-corrected chi connectivity index (χ4v) is 2.12. The number of aromatic nitrogens is 1. The number of nitrogen functional groups attached to an aromatic ring is 1. The van der Waals surface area contributed by atoms with Crippen molar-refractivity contribution in [2.45, 2.75) is 19.4 Å². The van der Waals surface area contributed by atoms with E-state index in [1.807, 2.05) is 18.7 Å². The lowest BCUT2D eigenvalue weighted by molar-refractivity contribution is 0.0637. The highest BCUT2D eigenvalue weighted by Crippen LogP contribution is 2.28. The molecule has 0 aliphatic carbocycles. The van der Waals surface area contributed by atoms with Crippen molar-refractivity contribution >= 4 is 17.4 Å². The molecule has 0 atom stereocenters. The number of carbonyl (C=O) groups excluding carboxylic acids is 1. The SMILES string of the molecule is CC1(C)COCCN1c1ncc(N)cc1C(N)=O. The fourth-order valence-electron chi connectivity index (χ4n) is 2.12. The zero-order chi connectivity index (χ0) is 13.3. The number of morpholine rings is 1. The van der Waals surface area contributed by atoms with E-state index in [1.165, 1.54) is 6.20 Å². The van der Waals surface area contributed by atoms with Crippen molar-refractivity contribution in [1.29, 1.82) is 0 Å². The first-order chi connectivity index (χ1) is 8.42. The molecule has 1 aliphatic heterocycles. The van der Waals surface area contributed by atoms with E-state index in [1.54, 1.807) is 6.07 Å². The predicted octanol–water partition coefficient (Wildman–Crippen LogP) is 0.378. The second-order valence-corrected chi connectivity index (χ2v) is 5.02. The van der Waals surface area contributed by atoms with Gasteiger partial charge in [0.05, 0.1) is 36.2 Å². The number of anilines is 2. The first-order valence-electron chi connectivity index (χ1n) is 5.82. The van der Waals surface area contributed by atoms with E-state index in [0.717, 1.165) is 0 Å². The highest BCUT2D eigenvalue weighted by molar-refractivity contribution is 5.98. The average Bonchev–Trinajstić information content (AvgIpc) is 2.29. The molecule has 0 spiro atoms. The minimum atomic E-state index is -0.521. The lowest BCUT2D eigenvalue weighted by atomic mass is 10.0. The number of primary amides is 1. The van der Waals surface area contributed by atoms with Crippen LogP contribution in [0.2, 0.25) is 0 Å². The molecule has 2 heterocycles. The van der Waals surface area contributed by atoms with E-state index in [2.05, 4.69) is 4.98 Å². The first kappa shape index (κ1) is 12.6. The summed E-state index contributed by atoms with van der Waals surface area (Å²) < 4.78 is 5.45. The van der Waals surface area contributed by atoms with Crippen LogP contribution in [0.15, 0.2) is 12.3 Å². The van der Waals surface area contributed by atoms with Crippen molar-refractivity contribution in [3.05, 3.63) is 17.8 Å². The average molecular weight is 250 g/mol.